The van der Waals surface area contributed by atoms with Gasteiger partial charge < -0.3 is 15.2 Å². The SMILES string of the molecule is O=C(O)/C(=C/c1ccc(Oc2c(F)cccc2F)cc1)NC(=O)c1ccccc1. The van der Waals surface area contributed by atoms with E-state index in [9.17, 15) is 23.5 Å². The number of rotatable bonds is 6. The molecule has 29 heavy (non-hydrogen) atoms. The van der Waals surface area contributed by atoms with Crippen LogP contribution < -0.4 is 10.1 Å². The number of amides is 1. The predicted octanol–water partition coefficient (Wildman–Crippen LogP) is 4.61. The zero-order valence-electron chi connectivity index (χ0n) is 14.9. The highest BCUT2D eigenvalue weighted by molar-refractivity contribution is 6.02. The van der Waals surface area contributed by atoms with Crippen LogP contribution in [0.15, 0.2) is 78.5 Å². The van der Waals surface area contributed by atoms with E-state index in [1.165, 1.54) is 36.4 Å². The second-order valence-electron chi connectivity index (χ2n) is 5.91. The van der Waals surface area contributed by atoms with Crippen LogP contribution in [0.3, 0.4) is 0 Å². The number of halogens is 2. The van der Waals surface area contributed by atoms with E-state index in [2.05, 4.69) is 5.32 Å². The minimum atomic E-state index is -1.32. The van der Waals surface area contributed by atoms with E-state index in [1.54, 1.807) is 30.3 Å². The van der Waals surface area contributed by atoms with Crippen LogP contribution in [0.4, 0.5) is 8.78 Å². The van der Waals surface area contributed by atoms with Crippen molar-refractivity contribution in [2.45, 2.75) is 0 Å². The van der Waals surface area contributed by atoms with Crippen molar-refractivity contribution in [1.82, 2.24) is 5.32 Å². The Balaban J connectivity index is 1.77. The highest BCUT2D eigenvalue weighted by Gasteiger charge is 2.14. The van der Waals surface area contributed by atoms with Crippen molar-refractivity contribution in [2.24, 2.45) is 0 Å². The molecule has 5 nitrogen and oxygen atoms in total. The molecule has 0 aromatic heterocycles. The zero-order chi connectivity index (χ0) is 20.8. The zero-order valence-corrected chi connectivity index (χ0v) is 14.9. The number of aliphatic carboxylic acids is 1. The molecule has 0 aliphatic rings. The van der Waals surface area contributed by atoms with Crippen molar-refractivity contribution in [3.63, 3.8) is 0 Å². The third-order valence-electron chi connectivity index (χ3n) is 3.84. The summed E-state index contributed by atoms with van der Waals surface area (Å²) < 4.78 is 32.5. The average Bonchev–Trinajstić information content (AvgIpc) is 2.72. The summed E-state index contributed by atoms with van der Waals surface area (Å²) in [5.74, 6) is -3.93. The van der Waals surface area contributed by atoms with Gasteiger partial charge in [0, 0.05) is 5.56 Å². The molecule has 0 unspecified atom stereocenters. The molecule has 0 fully saturated rings. The molecular weight excluding hydrogens is 380 g/mol. The first-order valence-corrected chi connectivity index (χ1v) is 8.47. The van der Waals surface area contributed by atoms with Gasteiger partial charge in [-0.2, -0.15) is 0 Å². The number of hydrogen-bond acceptors (Lipinski definition) is 3. The van der Waals surface area contributed by atoms with Crippen molar-refractivity contribution in [2.75, 3.05) is 0 Å². The highest BCUT2D eigenvalue weighted by Crippen LogP contribution is 2.27. The van der Waals surface area contributed by atoms with Crippen LogP contribution in [0, 0.1) is 11.6 Å². The molecule has 3 rings (SSSR count). The van der Waals surface area contributed by atoms with Gasteiger partial charge in [0.1, 0.15) is 11.4 Å². The van der Waals surface area contributed by atoms with Crippen LogP contribution in [0.1, 0.15) is 15.9 Å². The van der Waals surface area contributed by atoms with Gasteiger partial charge in [0.25, 0.3) is 5.91 Å². The Bertz CT molecular complexity index is 1040. The molecule has 2 N–H and O–H groups in total. The fourth-order valence-corrected chi connectivity index (χ4v) is 2.43. The van der Waals surface area contributed by atoms with E-state index in [4.69, 9.17) is 4.74 Å². The molecule has 1 amide bonds. The molecule has 0 spiro atoms. The van der Waals surface area contributed by atoms with E-state index in [1.807, 2.05) is 0 Å². The number of nitrogens with one attached hydrogen (secondary N) is 1. The lowest BCUT2D eigenvalue weighted by Crippen LogP contribution is -2.27. The fraction of sp³-hybridized carbons (Fsp3) is 0. The van der Waals surface area contributed by atoms with Crippen molar-refractivity contribution in [3.8, 4) is 11.5 Å². The molecule has 0 atom stereocenters. The molecule has 0 saturated heterocycles. The molecule has 0 bridgehead atoms. The third-order valence-corrected chi connectivity index (χ3v) is 3.84. The number of para-hydroxylation sites is 1. The lowest BCUT2D eigenvalue weighted by Gasteiger charge is -2.09. The van der Waals surface area contributed by atoms with Crippen LogP contribution in [0.2, 0.25) is 0 Å². The van der Waals surface area contributed by atoms with Crippen LogP contribution in [0.5, 0.6) is 11.5 Å². The maximum Gasteiger partial charge on any atom is 0.352 e. The van der Waals surface area contributed by atoms with Gasteiger partial charge in [-0.3, -0.25) is 4.79 Å². The number of benzene rings is 3. The normalized spacial score (nSPS) is 11.0. The number of hydrogen-bond donors (Lipinski definition) is 2. The van der Waals surface area contributed by atoms with Crippen LogP contribution in [-0.4, -0.2) is 17.0 Å². The molecule has 0 aliphatic heterocycles. The first kappa shape index (κ1) is 19.8. The Morgan fingerprint density at radius 1 is 0.862 bits per heavy atom. The minimum absolute atomic E-state index is 0.163. The second-order valence-corrected chi connectivity index (χ2v) is 5.91. The Kier molecular flexibility index (Phi) is 5.99. The number of ether oxygens (including phenoxy) is 1. The van der Waals surface area contributed by atoms with Gasteiger partial charge in [-0.05, 0) is 48.0 Å². The van der Waals surface area contributed by atoms with Crippen LogP contribution >= 0.6 is 0 Å². The van der Waals surface area contributed by atoms with Crippen molar-refractivity contribution in [1.29, 1.82) is 0 Å². The number of carboxylic acids is 1. The molecular formula is C22H15F2NO4. The molecule has 0 aliphatic carbocycles. The van der Waals surface area contributed by atoms with Crippen LogP contribution in [0.25, 0.3) is 6.08 Å². The molecule has 7 heteroatoms. The van der Waals surface area contributed by atoms with Gasteiger partial charge in [-0.25, -0.2) is 13.6 Å². The summed E-state index contributed by atoms with van der Waals surface area (Å²) in [5, 5.41) is 11.7. The number of carbonyl (C=O) groups excluding carboxylic acids is 1. The standard InChI is InChI=1S/C22H15F2NO4/c23-17-7-4-8-18(24)20(17)29-16-11-9-14(10-12-16)13-19(22(27)28)25-21(26)15-5-2-1-3-6-15/h1-13H,(H,25,26)(H,27,28)/b19-13-. The van der Waals surface area contributed by atoms with Gasteiger partial charge in [0.2, 0.25) is 0 Å². The summed E-state index contributed by atoms with van der Waals surface area (Å²) in [7, 11) is 0. The third kappa shape index (κ3) is 5.04. The highest BCUT2D eigenvalue weighted by atomic mass is 19.1. The molecule has 0 saturated carbocycles. The summed E-state index contributed by atoms with van der Waals surface area (Å²) in [6.45, 7) is 0. The van der Waals surface area contributed by atoms with Crippen molar-refractivity contribution in [3.05, 3.63) is 101 Å². The summed E-state index contributed by atoms with van der Waals surface area (Å²) in [4.78, 5) is 23.6. The average molecular weight is 395 g/mol. The van der Waals surface area contributed by atoms with E-state index >= 15 is 0 Å². The second kappa shape index (κ2) is 8.79. The van der Waals surface area contributed by atoms with Crippen molar-refractivity contribution < 1.29 is 28.2 Å². The van der Waals surface area contributed by atoms with Gasteiger partial charge in [-0.15, -0.1) is 0 Å². The lowest BCUT2D eigenvalue weighted by molar-refractivity contribution is -0.132. The Hall–Kier alpha value is -4.00. The summed E-state index contributed by atoms with van der Waals surface area (Å²) >= 11 is 0. The summed E-state index contributed by atoms with van der Waals surface area (Å²) in [6.07, 6.45) is 1.26. The van der Waals surface area contributed by atoms with E-state index < -0.39 is 29.3 Å². The van der Waals surface area contributed by atoms with Gasteiger partial charge in [-0.1, -0.05) is 36.4 Å². The first-order valence-electron chi connectivity index (χ1n) is 8.47. The first-order chi connectivity index (χ1) is 13.9. The molecule has 3 aromatic carbocycles. The topological polar surface area (TPSA) is 75.6 Å². The predicted molar refractivity (Wildman–Crippen MR) is 102 cm³/mol. The van der Waals surface area contributed by atoms with E-state index in [0.717, 1.165) is 12.1 Å². The molecule has 146 valence electrons. The molecule has 3 aromatic rings. The Morgan fingerprint density at radius 2 is 1.48 bits per heavy atom. The molecule has 0 radical (unpaired) electrons. The van der Waals surface area contributed by atoms with E-state index in [-0.39, 0.29) is 11.4 Å². The Labute approximate surface area is 164 Å². The van der Waals surface area contributed by atoms with Gasteiger partial charge in [0.05, 0.1) is 0 Å². The number of carbonyl (C=O) groups is 2. The fourth-order valence-electron chi connectivity index (χ4n) is 2.43. The monoisotopic (exact) mass is 395 g/mol. The maximum absolute atomic E-state index is 13.7. The summed E-state index contributed by atoms with van der Waals surface area (Å²) in [6, 6.07) is 17.4. The Morgan fingerprint density at radius 3 is 2.07 bits per heavy atom. The van der Waals surface area contributed by atoms with Gasteiger partial charge >= 0.3 is 5.97 Å². The maximum atomic E-state index is 13.7. The summed E-state index contributed by atoms with van der Waals surface area (Å²) in [5.41, 5.74) is 0.431. The van der Waals surface area contributed by atoms with Crippen molar-refractivity contribution >= 4 is 18.0 Å². The minimum Gasteiger partial charge on any atom is -0.477 e. The molecule has 0 heterocycles. The number of carboxylic acid groups (broad SMARTS) is 1. The smallest absolute Gasteiger partial charge is 0.352 e. The van der Waals surface area contributed by atoms with Gasteiger partial charge in [0.15, 0.2) is 17.4 Å². The van der Waals surface area contributed by atoms with E-state index in [0.29, 0.717) is 11.1 Å². The lowest BCUT2D eigenvalue weighted by atomic mass is 10.1. The largest absolute Gasteiger partial charge is 0.477 e. The quantitative estimate of drug-likeness (QED) is 0.598. The van der Waals surface area contributed by atoms with Crippen LogP contribution in [-0.2, 0) is 4.79 Å².